The number of carbonyl (C=O) groups is 1. The van der Waals surface area contributed by atoms with Gasteiger partial charge >= 0.3 is 0 Å². The maximum absolute atomic E-state index is 13.1. The number of amides is 1. The summed E-state index contributed by atoms with van der Waals surface area (Å²) in [4.78, 5) is 18.2. The highest BCUT2D eigenvalue weighted by Gasteiger charge is 2.39. The summed E-state index contributed by atoms with van der Waals surface area (Å²) >= 11 is 0. The topological polar surface area (TPSA) is 48.7 Å². The van der Waals surface area contributed by atoms with E-state index in [0.29, 0.717) is 12.3 Å². The van der Waals surface area contributed by atoms with Crippen molar-refractivity contribution in [1.82, 2.24) is 15.1 Å². The smallest absolute Gasteiger partial charge is 0.287 e. The third-order valence-corrected chi connectivity index (χ3v) is 7.15. The Morgan fingerprint density at radius 1 is 1.10 bits per heavy atom. The molecule has 30 heavy (non-hydrogen) atoms. The van der Waals surface area contributed by atoms with Crippen LogP contribution in [-0.2, 0) is 0 Å². The molecule has 0 radical (unpaired) electrons. The predicted octanol–water partition coefficient (Wildman–Crippen LogP) is 4.54. The zero-order chi connectivity index (χ0) is 20.4. The number of piperazine rings is 1. The molecule has 1 aromatic carbocycles. The number of rotatable bonds is 5. The number of nitrogens with zero attached hydrogens (tertiary/aromatic N) is 2. The number of benzene rings is 1. The van der Waals surface area contributed by atoms with Gasteiger partial charge in [0.2, 0.25) is 0 Å². The molecule has 0 unspecified atom stereocenters. The van der Waals surface area contributed by atoms with Crippen LogP contribution < -0.4 is 5.32 Å². The number of furan rings is 1. The van der Waals surface area contributed by atoms with Crippen LogP contribution in [0.4, 0.5) is 0 Å². The molecule has 1 saturated heterocycles. The first-order valence-electron chi connectivity index (χ1n) is 11.3. The molecule has 1 N–H and O–H groups in total. The first-order valence-corrected chi connectivity index (χ1v) is 11.3. The van der Waals surface area contributed by atoms with Crippen molar-refractivity contribution in [2.45, 2.75) is 58.4 Å². The third kappa shape index (κ3) is 4.53. The van der Waals surface area contributed by atoms with E-state index in [-0.39, 0.29) is 23.9 Å². The van der Waals surface area contributed by atoms with Crippen molar-refractivity contribution < 1.29 is 9.21 Å². The average molecular weight is 434 g/mol. The van der Waals surface area contributed by atoms with Crippen LogP contribution in [0.15, 0.2) is 22.6 Å². The molecule has 2 fully saturated rings. The molecule has 5 nitrogen and oxygen atoms in total. The molecule has 1 aliphatic heterocycles. The molecule has 1 aliphatic carbocycles. The quantitative estimate of drug-likeness (QED) is 0.751. The number of aryl methyl sites for hydroxylation is 2. The van der Waals surface area contributed by atoms with Crippen LogP contribution in [0.25, 0.3) is 11.0 Å². The summed E-state index contributed by atoms with van der Waals surface area (Å²) in [6.45, 7) is 12.6. The Kier molecular flexibility index (Phi) is 7.48. The number of nitrogens with one attached hydrogen (secondary N) is 1. The molecule has 2 aliphatic rings. The minimum atomic E-state index is -0.0755. The number of hydrogen-bond acceptors (Lipinski definition) is 4. The van der Waals surface area contributed by atoms with E-state index in [1.807, 2.05) is 19.9 Å². The van der Waals surface area contributed by atoms with Gasteiger partial charge in [-0.1, -0.05) is 38.3 Å². The molecule has 1 amide bonds. The van der Waals surface area contributed by atoms with Gasteiger partial charge in [0.1, 0.15) is 5.58 Å². The molecule has 0 bridgehead atoms. The van der Waals surface area contributed by atoms with Gasteiger partial charge in [-0.25, -0.2) is 0 Å². The van der Waals surface area contributed by atoms with Gasteiger partial charge in [0.15, 0.2) is 5.76 Å². The van der Waals surface area contributed by atoms with Crippen LogP contribution in [0.3, 0.4) is 0 Å². The van der Waals surface area contributed by atoms with Crippen molar-refractivity contribution in [3.63, 3.8) is 0 Å². The average Bonchev–Trinajstić information content (AvgIpc) is 3.08. The van der Waals surface area contributed by atoms with Gasteiger partial charge in [0.05, 0.1) is 0 Å². The lowest BCUT2D eigenvalue weighted by atomic mass is 9.79. The first-order chi connectivity index (χ1) is 14.0. The molecule has 6 heteroatoms. The highest BCUT2D eigenvalue weighted by Crippen LogP contribution is 2.34. The lowest BCUT2D eigenvalue weighted by molar-refractivity contribution is 0.00907. The van der Waals surface area contributed by atoms with E-state index >= 15 is 0 Å². The van der Waals surface area contributed by atoms with Crippen molar-refractivity contribution in [2.24, 2.45) is 0 Å². The Morgan fingerprint density at radius 2 is 1.80 bits per heavy atom. The lowest BCUT2D eigenvalue weighted by Crippen LogP contribution is -2.61. The van der Waals surface area contributed by atoms with Gasteiger partial charge in [-0.15, -0.1) is 12.4 Å². The van der Waals surface area contributed by atoms with Gasteiger partial charge in [0.25, 0.3) is 5.91 Å². The van der Waals surface area contributed by atoms with Crippen LogP contribution in [-0.4, -0.2) is 60.5 Å². The van der Waals surface area contributed by atoms with Crippen molar-refractivity contribution >= 4 is 29.3 Å². The third-order valence-electron chi connectivity index (χ3n) is 7.15. The number of fused-ring (bicyclic) bond motifs is 1. The fourth-order valence-corrected chi connectivity index (χ4v) is 5.23. The minimum absolute atomic E-state index is 0. The fourth-order valence-electron chi connectivity index (χ4n) is 5.23. The van der Waals surface area contributed by atoms with Crippen LogP contribution in [0.1, 0.15) is 60.7 Å². The summed E-state index contributed by atoms with van der Waals surface area (Å²) in [5.41, 5.74) is 2.98. The van der Waals surface area contributed by atoms with Crippen molar-refractivity contribution in [1.29, 1.82) is 0 Å². The molecular weight excluding hydrogens is 398 g/mol. The molecule has 4 rings (SSSR count). The zero-order valence-electron chi connectivity index (χ0n) is 18.6. The van der Waals surface area contributed by atoms with E-state index in [1.54, 1.807) is 0 Å². The van der Waals surface area contributed by atoms with Crippen LogP contribution >= 0.6 is 12.4 Å². The number of hydrogen-bond donors (Lipinski definition) is 1. The Hall–Kier alpha value is -1.56. The summed E-state index contributed by atoms with van der Waals surface area (Å²) in [6, 6.07) is 6.13. The monoisotopic (exact) mass is 433 g/mol. The van der Waals surface area contributed by atoms with Crippen LogP contribution in [0, 0.1) is 13.8 Å². The summed E-state index contributed by atoms with van der Waals surface area (Å²) in [7, 11) is 0. The largest absolute Gasteiger partial charge is 0.451 e. The van der Waals surface area contributed by atoms with Gasteiger partial charge in [-0.3, -0.25) is 9.69 Å². The maximum atomic E-state index is 13.1. The summed E-state index contributed by atoms with van der Waals surface area (Å²) < 4.78 is 5.96. The van der Waals surface area contributed by atoms with Gasteiger partial charge in [-0.05, 0) is 44.9 Å². The second-order valence-corrected chi connectivity index (χ2v) is 8.94. The molecule has 2 heterocycles. The van der Waals surface area contributed by atoms with Gasteiger partial charge in [-0.2, -0.15) is 0 Å². The standard InChI is InChI=1S/C24H35N3O2.ClH/c1-4-26-12-14-27(15-13-26)24(10-6-5-7-11-24)17-25-23(28)22-19(3)20-9-8-18(2)16-21(20)29-22;/h8-9,16H,4-7,10-15,17H2,1-3H3,(H,25,28);1H. The van der Waals surface area contributed by atoms with E-state index in [2.05, 4.69) is 34.2 Å². The van der Waals surface area contributed by atoms with Gasteiger partial charge in [0, 0.05) is 49.2 Å². The highest BCUT2D eigenvalue weighted by molar-refractivity contribution is 5.99. The Bertz CT molecular complexity index is 865. The van der Waals surface area contributed by atoms with Crippen molar-refractivity contribution in [3.8, 4) is 0 Å². The number of halogens is 1. The predicted molar refractivity (Wildman–Crippen MR) is 125 cm³/mol. The SMILES string of the molecule is CCN1CCN(C2(CNC(=O)c3oc4cc(C)ccc4c3C)CCCCC2)CC1.Cl. The van der Waals surface area contributed by atoms with Crippen molar-refractivity contribution in [2.75, 3.05) is 39.3 Å². The molecular formula is C24H36ClN3O2. The Morgan fingerprint density at radius 3 is 2.47 bits per heavy atom. The number of likely N-dealkylation sites (N-methyl/N-ethyl adjacent to an activating group) is 1. The van der Waals surface area contributed by atoms with E-state index in [0.717, 1.165) is 54.8 Å². The van der Waals surface area contributed by atoms with Gasteiger partial charge < -0.3 is 14.6 Å². The summed E-state index contributed by atoms with van der Waals surface area (Å²) in [5, 5.41) is 4.29. The molecule has 1 aromatic heterocycles. The lowest BCUT2D eigenvalue weighted by Gasteiger charge is -2.50. The summed E-state index contributed by atoms with van der Waals surface area (Å²) in [6.07, 6.45) is 6.18. The molecule has 166 valence electrons. The summed E-state index contributed by atoms with van der Waals surface area (Å²) in [5.74, 6) is 0.390. The van der Waals surface area contributed by atoms with E-state index in [1.165, 1.54) is 32.1 Å². The normalized spacial score (nSPS) is 20.1. The second kappa shape index (κ2) is 9.71. The molecule has 1 saturated carbocycles. The minimum Gasteiger partial charge on any atom is -0.451 e. The Labute approximate surface area is 186 Å². The zero-order valence-corrected chi connectivity index (χ0v) is 19.4. The Balaban J connectivity index is 0.00000256. The maximum Gasteiger partial charge on any atom is 0.287 e. The van der Waals surface area contributed by atoms with E-state index < -0.39 is 0 Å². The molecule has 0 atom stereocenters. The van der Waals surface area contributed by atoms with E-state index in [9.17, 15) is 4.79 Å². The molecule has 0 spiro atoms. The fraction of sp³-hybridized carbons (Fsp3) is 0.625. The van der Waals surface area contributed by atoms with Crippen LogP contribution in [0.5, 0.6) is 0 Å². The van der Waals surface area contributed by atoms with Crippen molar-refractivity contribution in [3.05, 3.63) is 35.1 Å². The second-order valence-electron chi connectivity index (χ2n) is 8.94. The van der Waals surface area contributed by atoms with Crippen LogP contribution in [0.2, 0.25) is 0 Å². The van der Waals surface area contributed by atoms with E-state index in [4.69, 9.17) is 4.42 Å². The first kappa shape index (κ1) is 23.1. The molecule has 2 aromatic rings. The number of carbonyl (C=O) groups excluding carboxylic acids is 1. The highest BCUT2D eigenvalue weighted by atomic mass is 35.5.